The Hall–Kier alpha value is -0.340. The highest BCUT2D eigenvalue weighted by molar-refractivity contribution is 14.1. The number of carbonyl (C=O) groups is 2. The summed E-state index contributed by atoms with van der Waals surface area (Å²) in [5.74, 6) is 0.619. The topological polar surface area (TPSA) is 46.6 Å². The summed E-state index contributed by atoms with van der Waals surface area (Å²) < 4.78 is 9.17. The zero-order chi connectivity index (χ0) is 21.1. The molecule has 0 bridgehead atoms. The van der Waals surface area contributed by atoms with Crippen molar-refractivity contribution in [2.45, 2.75) is 32.9 Å². The van der Waals surface area contributed by atoms with E-state index in [0.29, 0.717) is 11.5 Å². The van der Waals surface area contributed by atoms with Gasteiger partial charge < -0.3 is 4.74 Å². The molecule has 0 N–H and O–H groups in total. The third-order valence-electron chi connectivity index (χ3n) is 4.47. The number of rotatable bonds is 6. The maximum Gasteiger partial charge on any atom is 0.293 e. The maximum atomic E-state index is 12.6. The molecule has 1 saturated heterocycles. The fraction of sp³-hybridized carbons (Fsp3) is 0.238. The van der Waals surface area contributed by atoms with Crippen LogP contribution >= 0.6 is 79.5 Å². The van der Waals surface area contributed by atoms with Crippen molar-refractivity contribution in [2.75, 3.05) is 0 Å². The lowest BCUT2D eigenvalue weighted by molar-refractivity contribution is -0.124. The molecule has 0 radical (unpaired) electrons. The Bertz CT molecular complexity index is 953. The molecule has 0 aliphatic carbocycles. The van der Waals surface area contributed by atoms with Crippen LogP contribution in [0.5, 0.6) is 5.75 Å². The fourth-order valence-corrected chi connectivity index (χ4v) is 6.15. The Morgan fingerprint density at radius 3 is 2.31 bits per heavy atom. The Morgan fingerprint density at radius 1 is 1.10 bits per heavy atom. The lowest BCUT2D eigenvalue weighted by atomic mass is 10.2. The zero-order valence-corrected chi connectivity index (χ0v) is 23.0. The van der Waals surface area contributed by atoms with Gasteiger partial charge in [-0.1, -0.05) is 19.1 Å². The number of halogens is 3. The van der Waals surface area contributed by atoms with Crippen molar-refractivity contribution in [3.63, 3.8) is 0 Å². The summed E-state index contributed by atoms with van der Waals surface area (Å²) in [6.45, 7) is 4.36. The first-order valence-electron chi connectivity index (χ1n) is 8.93. The summed E-state index contributed by atoms with van der Waals surface area (Å²) in [5, 5.41) is -0.197. The van der Waals surface area contributed by atoms with Gasteiger partial charge in [-0.15, -0.1) is 0 Å². The summed E-state index contributed by atoms with van der Waals surface area (Å²) in [6.07, 6.45) is 2.54. The molecule has 1 aliphatic rings. The highest BCUT2D eigenvalue weighted by Crippen LogP contribution is 2.36. The van der Waals surface area contributed by atoms with Gasteiger partial charge in [-0.25, -0.2) is 0 Å². The Morgan fingerprint density at radius 2 is 1.72 bits per heavy atom. The van der Waals surface area contributed by atoms with Crippen molar-refractivity contribution < 1.29 is 14.3 Å². The van der Waals surface area contributed by atoms with Crippen LogP contribution in [0.4, 0.5) is 4.79 Å². The number of carbonyl (C=O) groups excluding carboxylic acids is 2. The van der Waals surface area contributed by atoms with Crippen LogP contribution < -0.4 is 4.74 Å². The smallest absolute Gasteiger partial charge is 0.293 e. The predicted octanol–water partition coefficient (Wildman–Crippen LogP) is 6.91. The van der Waals surface area contributed by atoms with E-state index in [1.54, 1.807) is 6.08 Å². The Balaban J connectivity index is 1.78. The minimum Gasteiger partial charge on any atom is -0.487 e. The van der Waals surface area contributed by atoms with Crippen molar-refractivity contribution >= 4 is 96.8 Å². The van der Waals surface area contributed by atoms with Gasteiger partial charge in [0.05, 0.1) is 12.0 Å². The van der Waals surface area contributed by atoms with Crippen LogP contribution in [0.1, 0.15) is 31.4 Å². The summed E-state index contributed by atoms with van der Waals surface area (Å²) in [6, 6.07) is 12.1. The number of nitrogens with zero attached hydrogens (tertiary/aromatic N) is 1. The Kier molecular flexibility index (Phi) is 8.30. The molecule has 1 aliphatic heterocycles. The van der Waals surface area contributed by atoms with E-state index in [-0.39, 0.29) is 17.2 Å². The molecule has 1 heterocycles. The number of hydrogen-bond acceptors (Lipinski definition) is 4. The first-order valence-corrected chi connectivity index (χ1v) is 13.0. The lowest BCUT2D eigenvalue weighted by Crippen LogP contribution is -2.36. The monoisotopic (exact) mass is 745 g/mol. The van der Waals surface area contributed by atoms with Crippen molar-refractivity contribution in [2.24, 2.45) is 0 Å². The van der Waals surface area contributed by atoms with Gasteiger partial charge in [0.1, 0.15) is 12.4 Å². The molecule has 3 rings (SSSR count). The quantitative estimate of drug-likeness (QED) is 0.238. The second kappa shape index (κ2) is 10.3. The van der Waals surface area contributed by atoms with Gasteiger partial charge in [0.2, 0.25) is 0 Å². The largest absolute Gasteiger partial charge is 0.487 e. The van der Waals surface area contributed by atoms with E-state index in [9.17, 15) is 9.59 Å². The Labute approximate surface area is 215 Å². The number of hydrogen-bond donors (Lipinski definition) is 0. The molecule has 4 nitrogen and oxygen atoms in total. The molecule has 2 aromatic rings. The van der Waals surface area contributed by atoms with Gasteiger partial charge in [-0.3, -0.25) is 14.5 Å². The molecule has 1 fully saturated rings. The predicted molar refractivity (Wildman–Crippen MR) is 143 cm³/mol. The average Bonchev–Trinajstić information content (AvgIpc) is 2.95. The average molecular weight is 745 g/mol. The minimum atomic E-state index is -0.210. The lowest BCUT2D eigenvalue weighted by Gasteiger charge is -2.19. The van der Waals surface area contributed by atoms with Crippen LogP contribution in [0.25, 0.3) is 6.08 Å². The standard InChI is InChI=1S/C21H18I3NO3S/c1-3-12(2)25-20(26)18(29-21(25)27)10-14-8-16(23)19(17(24)9-14)28-11-13-4-6-15(22)7-5-13/h4-10,12H,3,11H2,1-2H3/b18-10+/t12-/m1/s1. The van der Waals surface area contributed by atoms with Crippen LogP contribution in [0.15, 0.2) is 41.3 Å². The highest BCUT2D eigenvalue weighted by Gasteiger charge is 2.37. The molecule has 0 spiro atoms. The molecule has 29 heavy (non-hydrogen) atoms. The van der Waals surface area contributed by atoms with E-state index in [0.717, 1.165) is 42.2 Å². The van der Waals surface area contributed by atoms with Crippen molar-refractivity contribution in [3.05, 3.63) is 63.1 Å². The van der Waals surface area contributed by atoms with E-state index in [1.807, 2.05) is 26.0 Å². The van der Waals surface area contributed by atoms with Crippen LogP contribution in [0.2, 0.25) is 0 Å². The van der Waals surface area contributed by atoms with Crippen molar-refractivity contribution in [1.29, 1.82) is 0 Å². The molecular weight excluding hydrogens is 727 g/mol. The van der Waals surface area contributed by atoms with Gasteiger partial charge in [0.25, 0.3) is 11.1 Å². The first-order chi connectivity index (χ1) is 13.8. The minimum absolute atomic E-state index is 0.0919. The van der Waals surface area contributed by atoms with Gasteiger partial charge >= 0.3 is 0 Å². The van der Waals surface area contributed by atoms with Gasteiger partial charge in [-0.05, 0) is 134 Å². The molecule has 2 aromatic carbocycles. The second-order valence-corrected chi connectivity index (χ2v) is 11.1. The number of thioether (sulfide) groups is 1. The summed E-state index contributed by atoms with van der Waals surface area (Å²) in [4.78, 5) is 26.7. The van der Waals surface area contributed by atoms with Gasteiger partial charge in [0.15, 0.2) is 0 Å². The SMILES string of the molecule is CC[C@@H](C)N1C(=O)S/C(=C/c2cc(I)c(OCc3ccc(I)cc3)c(I)c2)C1=O. The highest BCUT2D eigenvalue weighted by atomic mass is 127. The maximum absolute atomic E-state index is 12.6. The number of amides is 2. The summed E-state index contributed by atoms with van der Waals surface area (Å²) >= 11 is 7.78. The van der Waals surface area contributed by atoms with E-state index in [4.69, 9.17) is 4.74 Å². The second-order valence-electron chi connectivity index (χ2n) is 6.54. The van der Waals surface area contributed by atoms with Crippen LogP contribution in [0.3, 0.4) is 0 Å². The van der Waals surface area contributed by atoms with Gasteiger partial charge in [-0.2, -0.15) is 0 Å². The molecule has 152 valence electrons. The van der Waals surface area contributed by atoms with Crippen molar-refractivity contribution in [3.8, 4) is 5.75 Å². The third-order valence-corrected chi connectivity index (χ3v) is 7.68. The van der Waals surface area contributed by atoms with Crippen molar-refractivity contribution in [1.82, 2.24) is 4.90 Å². The van der Waals surface area contributed by atoms with Crippen LogP contribution in [-0.2, 0) is 11.4 Å². The molecular formula is C21H18I3NO3S. The fourth-order valence-electron chi connectivity index (χ4n) is 2.73. The number of ether oxygens (including phenoxy) is 1. The molecule has 8 heteroatoms. The third kappa shape index (κ3) is 5.67. The summed E-state index contributed by atoms with van der Waals surface area (Å²) in [7, 11) is 0. The van der Waals surface area contributed by atoms with E-state index >= 15 is 0 Å². The molecule has 0 saturated carbocycles. The van der Waals surface area contributed by atoms with E-state index < -0.39 is 0 Å². The normalized spacial score (nSPS) is 16.6. The molecule has 0 unspecified atom stereocenters. The number of benzene rings is 2. The first kappa shape index (κ1) is 23.3. The van der Waals surface area contributed by atoms with Crippen LogP contribution in [-0.4, -0.2) is 22.1 Å². The molecule has 2 amide bonds. The molecule has 1 atom stereocenters. The zero-order valence-electron chi connectivity index (χ0n) is 15.7. The van der Waals surface area contributed by atoms with E-state index in [1.165, 1.54) is 8.47 Å². The van der Waals surface area contributed by atoms with Crippen LogP contribution in [0, 0.1) is 10.7 Å². The number of imide groups is 1. The summed E-state index contributed by atoms with van der Waals surface area (Å²) in [5.41, 5.74) is 2.00. The molecule has 0 aromatic heterocycles. The van der Waals surface area contributed by atoms with Gasteiger partial charge in [0, 0.05) is 9.61 Å². The van der Waals surface area contributed by atoms with E-state index in [2.05, 4.69) is 92.0 Å².